The summed E-state index contributed by atoms with van der Waals surface area (Å²) in [6, 6.07) is 11.7. The van der Waals surface area contributed by atoms with Crippen LogP contribution in [0.5, 0.6) is 0 Å². The van der Waals surface area contributed by atoms with Gasteiger partial charge in [-0.3, -0.25) is 4.79 Å². The third-order valence-corrected chi connectivity index (χ3v) is 3.42. The maximum Gasteiger partial charge on any atom is 0.255 e. The summed E-state index contributed by atoms with van der Waals surface area (Å²) in [5.41, 5.74) is 4.75. The summed E-state index contributed by atoms with van der Waals surface area (Å²) in [7, 11) is 0. The molecule has 2 rings (SSSR count). The number of nitrogens with one attached hydrogen (secondary N) is 1. The Hall–Kier alpha value is -1.61. The van der Waals surface area contributed by atoms with Crippen LogP contribution in [-0.2, 0) is 0 Å². The highest BCUT2D eigenvalue weighted by Crippen LogP contribution is 2.21. The zero-order valence-corrected chi connectivity index (χ0v) is 12.8. The molecule has 0 saturated carbocycles. The van der Waals surface area contributed by atoms with Crippen molar-refractivity contribution in [3.05, 3.63) is 63.1 Å². The van der Waals surface area contributed by atoms with Gasteiger partial charge in [0.1, 0.15) is 0 Å². The van der Waals surface area contributed by atoms with Crippen LogP contribution in [0, 0.1) is 20.8 Å². The van der Waals surface area contributed by atoms with Gasteiger partial charge in [0.05, 0.1) is 0 Å². The van der Waals surface area contributed by atoms with Crippen LogP contribution in [0.25, 0.3) is 0 Å². The minimum atomic E-state index is -0.0759. The molecule has 0 fully saturated rings. The number of benzene rings is 2. The Morgan fingerprint density at radius 1 is 1.00 bits per heavy atom. The molecule has 2 aromatic rings. The first-order valence-corrected chi connectivity index (χ1v) is 6.91. The molecular formula is C16H16BrNO. The third kappa shape index (κ3) is 3.44. The summed E-state index contributed by atoms with van der Waals surface area (Å²) in [4.78, 5) is 12.3. The predicted molar refractivity (Wildman–Crippen MR) is 82.7 cm³/mol. The van der Waals surface area contributed by atoms with Crippen LogP contribution in [0.1, 0.15) is 27.0 Å². The molecule has 0 atom stereocenters. The fourth-order valence-electron chi connectivity index (χ4n) is 2.03. The van der Waals surface area contributed by atoms with Gasteiger partial charge in [-0.1, -0.05) is 39.2 Å². The van der Waals surface area contributed by atoms with E-state index in [1.54, 1.807) is 0 Å². The van der Waals surface area contributed by atoms with Crippen LogP contribution in [0.4, 0.5) is 5.69 Å². The number of hydrogen-bond donors (Lipinski definition) is 1. The van der Waals surface area contributed by atoms with E-state index in [9.17, 15) is 4.79 Å². The maximum absolute atomic E-state index is 12.3. The molecule has 1 N–H and O–H groups in total. The van der Waals surface area contributed by atoms with E-state index in [2.05, 4.69) is 27.3 Å². The van der Waals surface area contributed by atoms with E-state index in [1.165, 1.54) is 0 Å². The van der Waals surface area contributed by atoms with Crippen LogP contribution in [0.15, 0.2) is 40.9 Å². The van der Waals surface area contributed by atoms with Gasteiger partial charge in [-0.25, -0.2) is 0 Å². The van der Waals surface area contributed by atoms with E-state index in [-0.39, 0.29) is 5.91 Å². The molecule has 0 saturated heterocycles. The molecule has 2 nitrogen and oxygen atoms in total. The minimum Gasteiger partial charge on any atom is -0.322 e. The summed E-state index contributed by atoms with van der Waals surface area (Å²) in [6.07, 6.45) is 0. The van der Waals surface area contributed by atoms with E-state index in [4.69, 9.17) is 0 Å². The van der Waals surface area contributed by atoms with Crippen molar-refractivity contribution in [3.8, 4) is 0 Å². The Balaban J connectivity index is 2.28. The zero-order chi connectivity index (χ0) is 14.0. The molecule has 1 amide bonds. The number of anilines is 1. The molecule has 0 unspecified atom stereocenters. The van der Waals surface area contributed by atoms with Gasteiger partial charge in [0, 0.05) is 15.7 Å². The summed E-state index contributed by atoms with van der Waals surface area (Å²) >= 11 is 3.41. The van der Waals surface area contributed by atoms with Gasteiger partial charge in [-0.05, 0) is 50.6 Å². The Kier molecular flexibility index (Phi) is 4.05. The molecule has 2 aromatic carbocycles. The van der Waals surface area contributed by atoms with Gasteiger partial charge in [-0.2, -0.15) is 0 Å². The smallest absolute Gasteiger partial charge is 0.255 e. The first-order valence-electron chi connectivity index (χ1n) is 6.11. The van der Waals surface area contributed by atoms with E-state index in [0.717, 1.165) is 26.9 Å². The lowest BCUT2D eigenvalue weighted by molar-refractivity contribution is 0.102. The largest absolute Gasteiger partial charge is 0.322 e. The zero-order valence-electron chi connectivity index (χ0n) is 11.3. The average molecular weight is 318 g/mol. The van der Waals surface area contributed by atoms with Gasteiger partial charge >= 0.3 is 0 Å². The van der Waals surface area contributed by atoms with Gasteiger partial charge in [0.25, 0.3) is 5.91 Å². The van der Waals surface area contributed by atoms with Gasteiger partial charge in [0.2, 0.25) is 0 Å². The Labute approximate surface area is 122 Å². The highest BCUT2D eigenvalue weighted by Gasteiger charge is 2.09. The number of halogens is 1. The second-order valence-electron chi connectivity index (χ2n) is 4.79. The number of hydrogen-bond acceptors (Lipinski definition) is 1. The van der Waals surface area contributed by atoms with Crippen LogP contribution in [0.3, 0.4) is 0 Å². The highest BCUT2D eigenvalue weighted by atomic mass is 79.9. The van der Waals surface area contributed by atoms with Crippen molar-refractivity contribution in [3.63, 3.8) is 0 Å². The van der Waals surface area contributed by atoms with Crippen LogP contribution in [-0.4, -0.2) is 5.91 Å². The number of carbonyl (C=O) groups excluding carboxylic acids is 1. The normalized spacial score (nSPS) is 10.3. The standard InChI is InChI=1S/C16H16BrNO/c1-10-6-11(2)8-13(7-10)16(19)18-15-9-14(17)5-4-12(15)3/h4-9H,1-3H3,(H,18,19). The molecule has 0 aliphatic heterocycles. The molecule has 0 bridgehead atoms. The second kappa shape index (κ2) is 5.57. The molecule has 98 valence electrons. The first kappa shape index (κ1) is 13.8. The predicted octanol–water partition coefficient (Wildman–Crippen LogP) is 4.63. The van der Waals surface area contributed by atoms with Crippen molar-refractivity contribution >= 4 is 27.5 Å². The number of amides is 1. The number of rotatable bonds is 2. The van der Waals surface area contributed by atoms with Gasteiger partial charge in [-0.15, -0.1) is 0 Å². The first-order chi connectivity index (χ1) is 8.95. The molecule has 0 aliphatic rings. The van der Waals surface area contributed by atoms with Gasteiger partial charge < -0.3 is 5.32 Å². The van der Waals surface area contributed by atoms with Crippen LogP contribution >= 0.6 is 15.9 Å². The molecule has 3 heteroatoms. The molecule has 0 heterocycles. The minimum absolute atomic E-state index is 0.0759. The summed E-state index contributed by atoms with van der Waals surface area (Å²) < 4.78 is 0.953. The summed E-state index contributed by atoms with van der Waals surface area (Å²) in [6.45, 7) is 5.96. The SMILES string of the molecule is Cc1cc(C)cc(C(=O)Nc2cc(Br)ccc2C)c1. The number of aryl methyl sites for hydroxylation is 3. The van der Waals surface area contributed by atoms with Crippen molar-refractivity contribution in [1.82, 2.24) is 0 Å². The Bertz CT molecular complexity index is 614. The van der Waals surface area contributed by atoms with Crippen molar-refractivity contribution in [2.24, 2.45) is 0 Å². The van der Waals surface area contributed by atoms with Crippen molar-refractivity contribution in [2.75, 3.05) is 5.32 Å². The average Bonchev–Trinajstić information content (AvgIpc) is 2.32. The topological polar surface area (TPSA) is 29.1 Å². The summed E-state index contributed by atoms with van der Waals surface area (Å²) in [5.74, 6) is -0.0759. The maximum atomic E-state index is 12.3. The quantitative estimate of drug-likeness (QED) is 0.859. The van der Waals surface area contributed by atoms with E-state index in [0.29, 0.717) is 5.56 Å². The lowest BCUT2D eigenvalue weighted by Gasteiger charge is -2.10. The molecular weight excluding hydrogens is 302 g/mol. The number of carbonyl (C=O) groups is 1. The lowest BCUT2D eigenvalue weighted by atomic mass is 10.1. The summed E-state index contributed by atoms with van der Waals surface area (Å²) in [5, 5.41) is 2.95. The fourth-order valence-corrected chi connectivity index (χ4v) is 2.39. The highest BCUT2D eigenvalue weighted by molar-refractivity contribution is 9.10. The lowest BCUT2D eigenvalue weighted by Crippen LogP contribution is -2.13. The molecule has 0 radical (unpaired) electrons. The van der Waals surface area contributed by atoms with Crippen molar-refractivity contribution < 1.29 is 4.79 Å². The monoisotopic (exact) mass is 317 g/mol. The Morgan fingerprint density at radius 3 is 2.26 bits per heavy atom. The van der Waals surface area contributed by atoms with Crippen molar-refractivity contribution in [1.29, 1.82) is 0 Å². The second-order valence-corrected chi connectivity index (χ2v) is 5.71. The van der Waals surface area contributed by atoms with E-state index in [1.807, 2.05) is 51.1 Å². The third-order valence-electron chi connectivity index (χ3n) is 2.93. The molecule has 19 heavy (non-hydrogen) atoms. The fraction of sp³-hybridized carbons (Fsp3) is 0.188. The van der Waals surface area contributed by atoms with Gasteiger partial charge in [0.15, 0.2) is 0 Å². The van der Waals surface area contributed by atoms with E-state index >= 15 is 0 Å². The van der Waals surface area contributed by atoms with Crippen molar-refractivity contribution in [2.45, 2.75) is 20.8 Å². The van der Waals surface area contributed by atoms with E-state index < -0.39 is 0 Å². The Morgan fingerprint density at radius 2 is 1.63 bits per heavy atom. The van der Waals surface area contributed by atoms with Crippen LogP contribution < -0.4 is 5.32 Å². The van der Waals surface area contributed by atoms with Crippen LogP contribution in [0.2, 0.25) is 0 Å². The molecule has 0 spiro atoms. The molecule has 0 aromatic heterocycles. The molecule has 0 aliphatic carbocycles.